The zero-order chi connectivity index (χ0) is 11.4. The van der Waals surface area contributed by atoms with E-state index < -0.39 is 10.4 Å². The molecule has 1 aromatic carbocycles. The van der Waals surface area contributed by atoms with Crippen molar-refractivity contribution in [3.63, 3.8) is 0 Å². The van der Waals surface area contributed by atoms with E-state index in [9.17, 15) is 0 Å². The molecule has 0 aromatic heterocycles. The van der Waals surface area contributed by atoms with Crippen LogP contribution in [0.4, 0.5) is 0 Å². The first kappa shape index (κ1) is 13.1. The maximum atomic E-state index is 8.74. The van der Waals surface area contributed by atoms with E-state index in [0.29, 0.717) is 0 Å². The number of hydrogen-bond donors (Lipinski definition) is 2. The molecule has 0 saturated heterocycles. The molecule has 1 aromatic rings. The summed E-state index contributed by atoms with van der Waals surface area (Å²) in [6.45, 7) is 6.39. The third-order valence-corrected chi connectivity index (χ3v) is 1.66. The van der Waals surface area contributed by atoms with Gasteiger partial charge in [-0.05, 0) is 31.9 Å². The second kappa shape index (κ2) is 5.09. The van der Waals surface area contributed by atoms with Crippen molar-refractivity contribution in [3.05, 3.63) is 34.9 Å². The molecule has 0 amide bonds. The largest absolute Gasteiger partial charge is 0.394 e. The molecule has 5 heteroatoms. The topological polar surface area (TPSA) is 74.6 Å². The Bertz CT molecular complexity index is 387. The first-order chi connectivity index (χ1) is 6.20. The lowest BCUT2D eigenvalue weighted by Gasteiger charge is -1.98. The molecule has 0 aliphatic heterocycles. The van der Waals surface area contributed by atoms with Crippen molar-refractivity contribution in [1.82, 2.24) is 0 Å². The highest BCUT2D eigenvalue weighted by atomic mass is 32.3. The lowest BCUT2D eigenvalue weighted by molar-refractivity contribution is 0.381. The number of aryl methyl sites for hydroxylation is 3. The molecule has 0 aliphatic carbocycles. The molecule has 0 radical (unpaired) electrons. The van der Waals surface area contributed by atoms with Crippen LogP contribution in [0.5, 0.6) is 0 Å². The minimum Gasteiger partial charge on any atom is -0.264 e. The van der Waals surface area contributed by atoms with Crippen molar-refractivity contribution < 1.29 is 17.5 Å². The fourth-order valence-electron chi connectivity index (χ4n) is 0.891. The highest BCUT2D eigenvalue weighted by Gasteiger charge is 1.89. The van der Waals surface area contributed by atoms with Crippen LogP contribution < -0.4 is 0 Å². The van der Waals surface area contributed by atoms with E-state index in [4.69, 9.17) is 17.5 Å². The smallest absolute Gasteiger partial charge is 0.264 e. The minimum atomic E-state index is -4.67. The van der Waals surface area contributed by atoms with Gasteiger partial charge >= 0.3 is 10.4 Å². The van der Waals surface area contributed by atoms with Crippen molar-refractivity contribution in [2.45, 2.75) is 20.8 Å². The fourth-order valence-corrected chi connectivity index (χ4v) is 0.891. The summed E-state index contributed by atoms with van der Waals surface area (Å²) in [5, 5.41) is 0. The zero-order valence-corrected chi connectivity index (χ0v) is 9.17. The molecule has 0 unspecified atom stereocenters. The van der Waals surface area contributed by atoms with E-state index in [1.807, 2.05) is 0 Å². The molecule has 0 aliphatic rings. The van der Waals surface area contributed by atoms with Gasteiger partial charge in [0.05, 0.1) is 0 Å². The summed E-state index contributed by atoms with van der Waals surface area (Å²) < 4.78 is 31.6. The van der Waals surface area contributed by atoms with Gasteiger partial charge in [-0.2, -0.15) is 8.42 Å². The predicted molar refractivity (Wildman–Crippen MR) is 54.8 cm³/mol. The van der Waals surface area contributed by atoms with Crippen LogP contribution in [-0.2, 0) is 10.4 Å². The van der Waals surface area contributed by atoms with E-state index in [-0.39, 0.29) is 0 Å². The Hall–Kier alpha value is -0.910. The van der Waals surface area contributed by atoms with Crippen molar-refractivity contribution in [3.8, 4) is 0 Å². The van der Waals surface area contributed by atoms with Gasteiger partial charge in [0.1, 0.15) is 0 Å². The standard InChI is InChI=1S/C9H12.H2O4S/c1-7-4-5-8(2)9(3)6-7;1-5(2,3)4/h4-6H,1-3H3;(H2,1,2,3,4). The maximum Gasteiger partial charge on any atom is 0.394 e. The van der Waals surface area contributed by atoms with Crippen LogP contribution in [0.25, 0.3) is 0 Å². The predicted octanol–water partition coefficient (Wildman–Crippen LogP) is 1.96. The lowest BCUT2D eigenvalue weighted by atomic mass is 10.1. The van der Waals surface area contributed by atoms with E-state index in [1.54, 1.807) is 0 Å². The third-order valence-electron chi connectivity index (χ3n) is 1.66. The van der Waals surface area contributed by atoms with Crippen molar-refractivity contribution in [2.75, 3.05) is 0 Å². The summed E-state index contributed by atoms with van der Waals surface area (Å²) >= 11 is 0. The molecule has 0 atom stereocenters. The molecule has 2 N–H and O–H groups in total. The van der Waals surface area contributed by atoms with E-state index in [1.165, 1.54) is 16.7 Å². The molecule has 1 rings (SSSR count). The van der Waals surface area contributed by atoms with Crippen LogP contribution in [0.15, 0.2) is 18.2 Å². The normalized spacial score (nSPS) is 10.4. The summed E-state index contributed by atoms with van der Waals surface area (Å²) in [7, 11) is -4.67. The van der Waals surface area contributed by atoms with Gasteiger partial charge in [-0.3, -0.25) is 9.11 Å². The molecule has 14 heavy (non-hydrogen) atoms. The fraction of sp³-hybridized carbons (Fsp3) is 0.333. The third kappa shape index (κ3) is 7.72. The summed E-state index contributed by atoms with van der Waals surface area (Å²) in [5.41, 5.74) is 4.11. The van der Waals surface area contributed by atoms with Gasteiger partial charge < -0.3 is 0 Å². The van der Waals surface area contributed by atoms with Gasteiger partial charge in [0.15, 0.2) is 0 Å². The molecule has 0 heterocycles. The Morgan fingerprint density at radius 3 is 1.71 bits per heavy atom. The van der Waals surface area contributed by atoms with Gasteiger partial charge in [0, 0.05) is 0 Å². The minimum absolute atomic E-state index is 1.35. The van der Waals surface area contributed by atoms with Crippen molar-refractivity contribution >= 4 is 10.4 Å². The van der Waals surface area contributed by atoms with E-state index >= 15 is 0 Å². The van der Waals surface area contributed by atoms with Gasteiger partial charge in [-0.25, -0.2) is 0 Å². The first-order valence-electron chi connectivity index (χ1n) is 3.94. The van der Waals surface area contributed by atoms with Gasteiger partial charge in [0.2, 0.25) is 0 Å². The molecule has 80 valence electrons. The number of rotatable bonds is 0. The monoisotopic (exact) mass is 218 g/mol. The molecular weight excluding hydrogens is 204 g/mol. The Morgan fingerprint density at radius 2 is 1.43 bits per heavy atom. The Kier molecular flexibility index (Phi) is 4.76. The summed E-state index contributed by atoms with van der Waals surface area (Å²) in [6.07, 6.45) is 0. The van der Waals surface area contributed by atoms with Gasteiger partial charge in [-0.15, -0.1) is 0 Å². The van der Waals surface area contributed by atoms with Crippen molar-refractivity contribution in [1.29, 1.82) is 0 Å². The average Bonchev–Trinajstić information content (AvgIpc) is 1.94. The Morgan fingerprint density at radius 1 is 1.00 bits per heavy atom. The Labute approximate surface area is 84.2 Å². The van der Waals surface area contributed by atoms with Gasteiger partial charge in [-0.1, -0.05) is 23.8 Å². The van der Waals surface area contributed by atoms with Crippen LogP contribution in [0.2, 0.25) is 0 Å². The quantitative estimate of drug-likeness (QED) is 0.653. The molecule has 0 saturated carbocycles. The molecular formula is C9H14O4S. The summed E-state index contributed by atoms with van der Waals surface area (Å²) in [6, 6.07) is 6.50. The molecule has 0 fully saturated rings. The molecule has 0 spiro atoms. The van der Waals surface area contributed by atoms with Crippen LogP contribution in [-0.4, -0.2) is 17.5 Å². The van der Waals surface area contributed by atoms with Gasteiger partial charge in [0.25, 0.3) is 0 Å². The lowest BCUT2D eigenvalue weighted by Crippen LogP contribution is -1.89. The van der Waals surface area contributed by atoms with Crippen molar-refractivity contribution in [2.24, 2.45) is 0 Å². The molecule has 4 nitrogen and oxygen atoms in total. The summed E-state index contributed by atoms with van der Waals surface area (Å²) in [5.74, 6) is 0. The zero-order valence-electron chi connectivity index (χ0n) is 8.35. The van der Waals surface area contributed by atoms with E-state index in [2.05, 4.69) is 39.0 Å². The molecule has 0 bridgehead atoms. The van der Waals surface area contributed by atoms with Crippen LogP contribution in [0.3, 0.4) is 0 Å². The highest BCUT2D eigenvalue weighted by molar-refractivity contribution is 7.79. The number of benzene rings is 1. The van der Waals surface area contributed by atoms with Crippen LogP contribution in [0.1, 0.15) is 16.7 Å². The summed E-state index contributed by atoms with van der Waals surface area (Å²) in [4.78, 5) is 0. The Balaban J connectivity index is 0.000000292. The van der Waals surface area contributed by atoms with E-state index in [0.717, 1.165) is 0 Å². The highest BCUT2D eigenvalue weighted by Crippen LogP contribution is 2.07. The van der Waals surface area contributed by atoms with Crippen LogP contribution >= 0.6 is 0 Å². The first-order valence-corrected chi connectivity index (χ1v) is 5.33. The second-order valence-electron chi connectivity index (χ2n) is 3.04. The van der Waals surface area contributed by atoms with Crippen LogP contribution in [0, 0.1) is 20.8 Å². The maximum absolute atomic E-state index is 8.74. The SMILES string of the molecule is Cc1ccc(C)c(C)c1.O=S(=O)(O)O. The number of hydrogen-bond acceptors (Lipinski definition) is 2. The average molecular weight is 218 g/mol. The second-order valence-corrected chi connectivity index (χ2v) is 3.93.